The molecule has 1 aliphatic heterocycles. The molecule has 0 amide bonds. The van der Waals surface area contributed by atoms with E-state index in [4.69, 9.17) is 0 Å². The van der Waals surface area contributed by atoms with Gasteiger partial charge < -0.3 is 5.32 Å². The summed E-state index contributed by atoms with van der Waals surface area (Å²) in [5, 5.41) is 4.03. The van der Waals surface area contributed by atoms with Gasteiger partial charge in [0.15, 0.2) is 9.84 Å². The predicted octanol–water partition coefficient (Wildman–Crippen LogP) is 3.38. The maximum Gasteiger partial charge on any atom is 0.245 e. The first-order valence-corrected chi connectivity index (χ1v) is 15.0. The number of benzene rings is 3. The Morgan fingerprint density at radius 3 is 2.22 bits per heavy atom. The Labute approximate surface area is 211 Å². The Hall–Kier alpha value is -3.11. The second-order valence-electron chi connectivity index (χ2n) is 8.98. The van der Waals surface area contributed by atoms with Crippen molar-refractivity contribution in [2.75, 3.05) is 11.5 Å². The number of para-hydroxylation sites is 1. The summed E-state index contributed by atoms with van der Waals surface area (Å²) in [6.07, 6.45) is 1.56. The fourth-order valence-electron chi connectivity index (χ4n) is 4.71. The third-order valence-electron chi connectivity index (χ3n) is 6.47. The van der Waals surface area contributed by atoms with Crippen LogP contribution in [0.25, 0.3) is 10.9 Å². The van der Waals surface area contributed by atoms with E-state index in [1.807, 2.05) is 72.8 Å². The summed E-state index contributed by atoms with van der Waals surface area (Å²) in [6.45, 7) is 0.489. The molecule has 1 saturated heterocycles. The molecule has 1 aromatic heterocycles. The van der Waals surface area contributed by atoms with Crippen LogP contribution in [0, 0.1) is 0 Å². The average molecular weight is 522 g/mol. The topological polar surface area (TPSA) is 96.4 Å². The van der Waals surface area contributed by atoms with E-state index in [1.165, 1.54) is 4.31 Å². The number of sulfonamides is 1. The zero-order valence-electron chi connectivity index (χ0n) is 19.6. The van der Waals surface area contributed by atoms with Crippen LogP contribution in [0.1, 0.15) is 11.1 Å². The number of pyridine rings is 1. The van der Waals surface area contributed by atoms with Crippen molar-refractivity contribution in [3.63, 3.8) is 0 Å². The highest BCUT2D eigenvalue weighted by Crippen LogP contribution is 2.30. The summed E-state index contributed by atoms with van der Waals surface area (Å²) >= 11 is 0. The van der Waals surface area contributed by atoms with Crippen molar-refractivity contribution < 1.29 is 16.8 Å². The molecule has 36 heavy (non-hydrogen) atoms. The van der Waals surface area contributed by atoms with Gasteiger partial charge in [0, 0.05) is 30.7 Å². The Morgan fingerprint density at radius 2 is 1.50 bits per heavy atom. The minimum Gasteiger partial charge on any atom is -0.307 e. The van der Waals surface area contributed by atoms with Gasteiger partial charge in [0.25, 0.3) is 0 Å². The summed E-state index contributed by atoms with van der Waals surface area (Å²) in [5.74, 6) is -0.372. The first kappa shape index (κ1) is 24.6. The van der Waals surface area contributed by atoms with Gasteiger partial charge >= 0.3 is 0 Å². The lowest BCUT2D eigenvalue weighted by Crippen LogP contribution is -2.51. The van der Waals surface area contributed by atoms with Crippen LogP contribution >= 0.6 is 0 Å². The molecule has 1 fully saturated rings. The van der Waals surface area contributed by atoms with E-state index in [0.717, 1.165) is 11.1 Å². The summed E-state index contributed by atoms with van der Waals surface area (Å²) in [4.78, 5) is 4.42. The van der Waals surface area contributed by atoms with Gasteiger partial charge in [-0.2, -0.15) is 4.31 Å². The van der Waals surface area contributed by atoms with Crippen molar-refractivity contribution >= 4 is 30.8 Å². The fraction of sp³-hybridized carbons (Fsp3) is 0.222. The average Bonchev–Trinajstić information content (AvgIpc) is 3.20. The van der Waals surface area contributed by atoms with Gasteiger partial charge in [-0.05, 0) is 23.3 Å². The molecular weight excluding hydrogens is 494 g/mol. The van der Waals surface area contributed by atoms with E-state index in [0.29, 0.717) is 17.4 Å². The summed E-state index contributed by atoms with van der Waals surface area (Å²) in [5.41, 5.74) is 2.14. The Morgan fingerprint density at radius 1 is 0.833 bits per heavy atom. The summed E-state index contributed by atoms with van der Waals surface area (Å²) in [7, 11) is -7.56. The zero-order valence-corrected chi connectivity index (χ0v) is 21.2. The minimum absolute atomic E-state index is 0.0517. The third kappa shape index (κ3) is 5.19. The standard InChI is InChI=1S/C27H27N3O4S2/c31-35(32)19-24(29-17-21-9-3-1-4-10-21)25(20-35)30(18-22-11-5-2-6-12-22)36(33,34)26-15-7-13-23-14-8-16-28-27(23)26/h1-16,24-25,29H,17-20H2/t24-,25-/m0/s1. The molecule has 5 rings (SSSR count). The highest BCUT2D eigenvalue weighted by Gasteiger charge is 2.45. The van der Waals surface area contributed by atoms with Gasteiger partial charge in [0.2, 0.25) is 10.0 Å². The molecule has 0 aliphatic carbocycles. The number of hydrogen-bond donors (Lipinski definition) is 1. The second-order valence-corrected chi connectivity index (χ2v) is 13.0. The third-order valence-corrected chi connectivity index (χ3v) is 10.1. The van der Waals surface area contributed by atoms with Gasteiger partial charge in [-0.1, -0.05) is 78.9 Å². The molecule has 9 heteroatoms. The molecule has 1 aliphatic rings. The highest BCUT2D eigenvalue weighted by molar-refractivity contribution is 7.92. The molecule has 7 nitrogen and oxygen atoms in total. The monoisotopic (exact) mass is 521 g/mol. The maximum atomic E-state index is 14.2. The molecule has 2 atom stereocenters. The van der Waals surface area contributed by atoms with Gasteiger partial charge in [0.05, 0.1) is 23.1 Å². The number of sulfone groups is 1. The molecule has 3 aromatic carbocycles. The first-order valence-electron chi connectivity index (χ1n) is 11.7. The van der Waals surface area contributed by atoms with Crippen molar-refractivity contribution in [3.8, 4) is 0 Å². The lowest BCUT2D eigenvalue weighted by molar-refractivity contribution is 0.287. The van der Waals surface area contributed by atoms with Gasteiger partial charge in [0.1, 0.15) is 4.90 Å². The quantitative estimate of drug-likeness (QED) is 0.382. The number of nitrogens with zero attached hydrogens (tertiary/aromatic N) is 2. The molecule has 0 bridgehead atoms. The number of nitrogens with one attached hydrogen (secondary N) is 1. The van der Waals surface area contributed by atoms with E-state index in [9.17, 15) is 16.8 Å². The lowest BCUT2D eigenvalue weighted by Gasteiger charge is -2.32. The van der Waals surface area contributed by atoms with E-state index >= 15 is 0 Å². The number of fused-ring (bicyclic) bond motifs is 1. The molecule has 0 unspecified atom stereocenters. The SMILES string of the molecule is O=S1(=O)C[C@H](NCc2ccccc2)[C@@H](N(Cc2ccccc2)S(=O)(=O)c2cccc3cccnc23)C1. The van der Waals surface area contributed by atoms with E-state index < -0.39 is 31.9 Å². The molecule has 0 radical (unpaired) electrons. The van der Waals surface area contributed by atoms with Crippen molar-refractivity contribution in [2.24, 2.45) is 0 Å². The van der Waals surface area contributed by atoms with Crippen LogP contribution in [0.2, 0.25) is 0 Å². The van der Waals surface area contributed by atoms with E-state index in [-0.39, 0.29) is 22.9 Å². The summed E-state index contributed by atoms with van der Waals surface area (Å²) < 4.78 is 55.5. The van der Waals surface area contributed by atoms with Crippen LogP contribution in [-0.2, 0) is 33.0 Å². The lowest BCUT2D eigenvalue weighted by atomic mass is 10.1. The van der Waals surface area contributed by atoms with Crippen molar-refractivity contribution in [1.29, 1.82) is 0 Å². The molecular formula is C27H27N3O4S2. The van der Waals surface area contributed by atoms with Crippen molar-refractivity contribution in [1.82, 2.24) is 14.6 Å². The van der Waals surface area contributed by atoms with Crippen LogP contribution < -0.4 is 5.32 Å². The van der Waals surface area contributed by atoms with E-state index in [1.54, 1.807) is 24.4 Å². The first-order chi connectivity index (χ1) is 17.3. The Kier molecular flexibility index (Phi) is 6.90. The molecule has 0 saturated carbocycles. The zero-order chi connectivity index (χ0) is 25.2. The minimum atomic E-state index is -4.11. The van der Waals surface area contributed by atoms with Crippen LogP contribution in [0.15, 0.2) is 102 Å². The maximum absolute atomic E-state index is 14.2. The van der Waals surface area contributed by atoms with E-state index in [2.05, 4.69) is 10.3 Å². The molecule has 0 spiro atoms. The van der Waals surface area contributed by atoms with Crippen LogP contribution in [0.3, 0.4) is 0 Å². The predicted molar refractivity (Wildman–Crippen MR) is 140 cm³/mol. The second kappa shape index (κ2) is 10.1. The van der Waals surface area contributed by atoms with Crippen LogP contribution in [0.4, 0.5) is 0 Å². The Balaban J connectivity index is 1.57. The van der Waals surface area contributed by atoms with Crippen LogP contribution in [-0.4, -0.2) is 49.7 Å². The van der Waals surface area contributed by atoms with Gasteiger partial charge in [-0.25, -0.2) is 16.8 Å². The molecule has 4 aromatic rings. The number of aromatic nitrogens is 1. The van der Waals surface area contributed by atoms with Crippen LogP contribution in [0.5, 0.6) is 0 Å². The number of hydrogen-bond acceptors (Lipinski definition) is 6. The fourth-order valence-corrected chi connectivity index (χ4v) is 8.57. The van der Waals surface area contributed by atoms with Gasteiger partial charge in [-0.15, -0.1) is 0 Å². The normalized spacial score (nSPS) is 19.6. The largest absolute Gasteiger partial charge is 0.307 e. The molecule has 1 N–H and O–H groups in total. The smallest absolute Gasteiger partial charge is 0.245 e. The van der Waals surface area contributed by atoms with Crippen molar-refractivity contribution in [3.05, 3.63) is 108 Å². The number of rotatable bonds is 8. The van der Waals surface area contributed by atoms with Crippen molar-refractivity contribution in [2.45, 2.75) is 30.1 Å². The van der Waals surface area contributed by atoms with Gasteiger partial charge in [-0.3, -0.25) is 4.98 Å². The molecule has 186 valence electrons. The highest BCUT2D eigenvalue weighted by atomic mass is 32.2. The molecule has 2 heterocycles. The summed E-state index contributed by atoms with van der Waals surface area (Å²) in [6, 6.07) is 26.2. The Bertz CT molecular complexity index is 1560.